The number of aliphatic hydroxyl groups excluding tert-OH is 1. The summed E-state index contributed by atoms with van der Waals surface area (Å²) in [4.78, 5) is 10.8. The molecule has 3 rings (SSSR count). The second kappa shape index (κ2) is 7.62. The largest absolute Gasteiger partial charge is 0.504 e. The van der Waals surface area contributed by atoms with Crippen LogP contribution in [0.1, 0.15) is 19.4 Å². The van der Waals surface area contributed by atoms with Crippen LogP contribution < -0.4 is 10.2 Å². The summed E-state index contributed by atoms with van der Waals surface area (Å²) in [6.45, 7) is 4.97. The van der Waals surface area contributed by atoms with Gasteiger partial charge in [-0.05, 0) is 31.5 Å². The summed E-state index contributed by atoms with van der Waals surface area (Å²) < 4.78 is 1.67. The molecule has 27 heavy (non-hydrogen) atoms. The number of rotatable bonds is 7. The molecule has 144 valence electrons. The molecule has 0 amide bonds. The van der Waals surface area contributed by atoms with Crippen LogP contribution in [0.3, 0.4) is 0 Å². The molecule has 0 aliphatic heterocycles. The number of aromatic nitrogens is 5. The van der Waals surface area contributed by atoms with E-state index in [4.69, 9.17) is 0 Å². The minimum absolute atomic E-state index is 0.165. The van der Waals surface area contributed by atoms with Crippen molar-refractivity contribution in [3.05, 3.63) is 23.8 Å². The number of aromatic hydroxyl groups is 2. The number of anilines is 2. The summed E-state index contributed by atoms with van der Waals surface area (Å²) in [6, 6.07) is 4.66. The van der Waals surface area contributed by atoms with E-state index in [9.17, 15) is 15.3 Å². The van der Waals surface area contributed by atoms with E-state index in [2.05, 4.69) is 25.6 Å². The molecule has 0 bridgehead atoms. The van der Waals surface area contributed by atoms with E-state index in [1.807, 2.05) is 18.9 Å². The molecule has 0 aliphatic carbocycles. The second-order valence-electron chi connectivity index (χ2n) is 6.36. The predicted octanol–water partition coefficient (Wildman–Crippen LogP) is 1.08. The summed E-state index contributed by atoms with van der Waals surface area (Å²) in [6.07, 6.45) is -0.542. The van der Waals surface area contributed by atoms with E-state index in [-0.39, 0.29) is 11.5 Å². The van der Waals surface area contributed by atoms with Crippen LogP contribution in [-0.4, -0.2) is 60.0 Å². The van der Waals surface area contributed by atoms with Gasteiger partial charge in [0, 0.05) is 26.7 Å². The number of aryl methyl sites for hydroxylation is 1. The number of fused-ring (bicyclic) bond motifs is 1. The van der Waals surface area contributed by atoms with Crippen LogP contribution in [0.2, 0.25) is 0 Å². The van der Waals surface area contributed by atoms with Gasteiger partial charge in [0.05, 0.1) is 6.10 Å². The topological polar surface area (TPSA) is 132 Å². The molecule has 2 heterocycles. The molecule has 4 N–H and O–H groups in total. The van der Waals surface area contributed by atoms with Gasteiger partial charge < -0.3 is 25.5 Å². The Morgan fingerprint density at radius 1 is 1.22 bits per heavy atom. The monoisotopic (exact) mass is 373 g/mol. The average molecular weight is 373 g/mol. The van der Waals surface area contributed by atoms with Crippen molar-refractivity contribution >= 4 is 22.9 Å². The number of phenolic OH excluding ortho intramolecular Hbond substituents is 2. The van der Waals surface area contributed by atoms with Gasteiger partial charge in [0.2, 0.25) is 5.95 Å². The smallest absolute Gasteiger partial charge is 0.226 e. The Labute approximate surface area is 156 Å². The molecule has 0 aliphatic rings. The average Bonchev–Trinajstić information content (AvgIpc) is 3.05. The maximum absolute atomic E-state index is 9.70. The van der Waals surface area contributed by atoms with Crippen LogP contribution in [0.4, 0.5) is 11.8 Å². The molecule has 1 aromatic carbocycles. The van der Waals surface area contributed by atoms with E-state index in [0.29, 0.717) is 42.6 Å². The lowest BCUT2D eigenvalue weighted by Crippen LogP contribution is -2.21. The van der Waals surface area contributed by atoms with Gasteiger partial charge in [0.1, 0.15) is 0 Å². The standard InChI is InChI=1S/C17H23N7O3/c1-4-24-16-14(21-22-24)15(19-17(20-16)18-8-10(2)25)23(3)9-11-5-6-12(26)13(27)7-11/h5-7,10,25-27H,4,8-9H2,1-3H3,(H,18,19,20). The lowest BCUT2D eigenvalue weighted by Gasteiger charge is -2.19. The van der Waals surface area contributed by atoms with Crippen LogP contribution in [0.25, 0.3) is 11.2 Å². The minimum Gasteiger partial charge on any atom is -0.504 e. The Morgan fingerprint density at radius 3 is 2.67 bits per heavy atom. The number of phenols is 2. The number of hydrogen-bond donors (Lipinski definition) is 4. The number of aliphatic hydroxyl groups is 1. The van der Waals surface area contributed by atoms with Gasteiger partial charge in [0.15, 0.2) is 28.5 Å². The third kappa shape index (κ3) is 4.00. The van der Waals surface area contributed by atoms with Gasteiger partial charge in [-0.15, -0.1) is 5.10 Å². The Bertz CT molecular complexity index is 942. The predicted molar refractivity (Wildman–Crippen MR) is 101 cm³/mol. The van der Waals surface area contributed by atoms with Gasteiger partial charge in [-0.25, -0.2) is 4.68 Å². The number of nitrogens with zero attached hydrogens (tertiary/aromatic N) is 6. The molecule has 1 atom stereocenters. The molecule has 0 spiro atoms. The maximum atomic E-state index is 9.70. The Kier molecular flexibility index (Phi) is 5.26. The van der Waals surface area contributed by atoms with Gasteiger partial charge in [-0.2, -0.15) is 9.97 Å². The molecule has 2 aromatic heterocycles. The number of hydrogen-bond acceptors (Lipinski definition) is 9. The molecule has 10 heteroatoms. The number of benzene rings is 1. The van der Waals surface area contributed by atoms with Crippen molar-refractivity contribution in [2.24, 2.45) is 0 Å². The summed E-state index contributed by atoms with van der Waals surface area (Å²) >= 11 is 0. The zero-order valence-electron chi connectivity index (χ0n) is 15.5. The Morgan fingerprint density at radius 2 is 2.00 bits per heavy atom. The molecule has 10 nitrogen and oxygen atoms in total. The Balaban J connectivity index is 1.97. The first-order chi connectivity index (χ1) is 12.9. The third-order valence-corrected chi connectivity index (χ3v) is 4.02. The summed E-state index contributed by atoms with van der Waals surface area (Å²) in [5.74, 6) is 0.599. The van der Waals surface area contributed by atoms with Crippen molar-refractivity contribution in [1.82, 2.24) is 25.0 Å². The first-order valence-electron chi connectivity index (χ1n) is 8.64. The van der Waals surface area contributed by atoms with E-state index in [1.54, 1.807) is 17.7 Å². The summed E-state index contributed by atoms with van der Waals surface area (Å²) in [5.41, 5.74) is 1.95. The highest BCUT2D eigenvalue weighted by Gasteiger charge is 2.18. The lowest BCUT2D eigenvalue weighted by atomic mass is 10.2. The van der Waals surface area contributed by atoms with Crippen LogP contribution in [0.15, 0.2) is 18.2 Å². The Hall–Kier alpha value is -3.14. The zero-order chi connectivity index (χ0) is 19.6. The van der Waals surface area contributed by atoms with E-state index < -0.39 is 6.10 Å². The van der Waals surface area contributed by atoms with Crippen LogP contribution in [-0.2, 0) is 13.1 Å². The molecule has 0 radical (unpaired) electrons. The van der Waals surface area contributed by atoms with Gasteiger partial charge in [0.25, 0.3) is 0 Å². The van der Waals surface area contributed by atoms with Crippen LogP contribution >= 0.6 is 0 Å². The van der Waals surface area contributed by atoms with Crippen molar-refractivity contribution < 1.29 is 15.3 Å². The zero-order valence-corrected chi connectivity index (χ0v) is 15.5. The summed E-state index contributed by atoms with van der Waals surface area (Å²) in [7, 11) is 1.84. The van der Waals surface area contributed by atoms with E-state index in [1.165, 1.54) is 12.1 Å². The molecule has 3 aromatic rings. The van der Waals surface area contributed by atoms with E-state index >= 15 is 0 Å². The maximum Gasteiger partial charge on any atom is 0.226 e. The van der Waals surface area contributed by atoms with Crippen molar-refractivity contribution in [3.8, 4) is 11.5 Å². The normalized spacial score (nSPS) is 12.3. The third-order valence-electron chi connectivity index (χ3n) is 4.02. The molecular formula is C17H23N7O3. The van der Waals surface area contributed by atoms with Gasteiger partial charge in [-0.3, -0.25) is 0 Å². The van der Waals surface area contributed by atoms with Crippen LogP contribution in [0, 0.1) is 0 Å². The fourth-order valence-corrected chi connectivity index (χ4v) is 2.66. The van der Waals surface area contributed by atoms with E-state index in [0.717, 1.165) is 5.56 Å². The second-order valence-corrected chi connectivity index (χ2v) is 6.36. The van der Waals surface area contributed by atoms with Crippen molar-refractivity contribution in [2.45, 2.75) is 33.0 Å². The van der Waals surface area contributed by atoms with Crippen molar-refractivity contribution in [3.63, 3.8) is 0 Å². The van der Waals surface area contributed by atoms with Gasteiger partial charge >= 0.3 is 0 Å². The molecule has 0 fully saturated rings. The summed E-state index contributed by atoms with van der Waals surface area (Å²) in [5, 5.41) is 40.0. The highest BCUT2D eigenvalue weighted by Crippen LogP contribution is 2.28. The van der Waals surface area contributed by atoms with Crippen LogP contribution in [0.5, 0.6) is 11.5 Å². The molecular weight excluding hydrogens is 350 g/mol. The SMILES string of the molecule is CCn1nnc2c(N(C)Cc3ccc(O)c(O)c3)nc(NCC(C)O)nc21. The molecule has 1 unspecified atom stereocenters. The minimum atomic E-state index is -0.542. The highest BCUT2D eigenvalue weighted by molar-refractivity contribution is 5.84. The quantitative estimate of drug-likeness (QED) is 0.449. The fraction of sp³-hybridized carbons (Fsp3) is 0.412. The lowest BCUT2D eigenvalue weighted by molar-refractivity contribution is 0.208. The van der Waals surface area contributed by atoms with Crippen molar-refractivity contribution in [2.75, 3.05) is 23.8 Å². The molecule has 0 saturated heterocycles. The fourth-order valence-electron chi connectivity index (χ4n) is 2.66. The first kappa shape index (κ1) is 18.6. The first-order valence-corrected chi connectivity index (χ1v) is 8.64. The molecule has 0 saturated carbocycles. The number of nitrogens with one attached hydrogen (secondary N) is 1. The van der Waals surface area contributed by atoms with Crippen molar-refractivity contribution in [1.29, 1.82) is 0 Å². The van der Waals surface area contributed by atoms with Gasteiger partial charge in [-0.1, -0.05) is 11.3 Å². The highest BCUT2D eigenvalue weighted by atomic mass is 16.3.